The van der Waals surface area contributed by atoms with Crippen LogP contribution < -0.4 is 10.1 Å². The number of anilines is 1. The molecule has 0 bridgehead atoms. The summed E-state index contributed by atoms with van der Waals surface area (Å²) in [6, 6.07) is 13.8. The maximum Gasteiger partial charge on any atom is 0.270 e. The first-order valence-corrected chi connectivity index (χ1v) is 12.1. The van der Waals surface area contributed by atoms with Crippen LogP contribution in [0.25, 0.3) is 22.6 Å². The van der Waals surface area contributed by atoms with E-state index in [2.05, 4.69) is 20.5 Å². The number of methoxy groups -OCH3 is 1. The van der Waals surface area contributed by atoms with Crippen molar-refractivity contribution >= 4 is 39.8 Å². The molecular weight excluding hydrogens is 476 g/mol. The van der Waals surface area contributed by atoms with Gasteiger partial charge < -0.3 is 14.6 Å². The topological polar surface area (TPSA) is 125 Å². The third-order valence-electron chi connectivity index (χ3n) is 4.82. The Morgan fingerprint density at radius 3 is 2.71 bits per heavy atom. The standard InChI is InChI=1S/C22H20N6O4S2/c1-3-27-20(14-7-9-17(32-2)10-8-14)25-26-22(27)34-13-19(29)24-21-23-18(12-33-21)15-5-4-6-16(11-15)28(30)31/h4-12H,3,13H2,1-2H3,(H,23,24,29). The Morgan fingerprint density at radius 1 is 1.21 bits per heavy atom. The number of ether oxygens (including phenoxy) is 1. The number of amides is 1. The Balaban J connectivity index is 1.40. The molecule has 1 N–H and O–H groups in total. The molecule has 0 spiro atoms. The molecule has 0 saturated carbocycles. The summed E-state index contributed by atoms with van der Waals surface area (Å²) in [4.78, 5) is 27.4. The van der Waals surface area contributed by atoms with Gasteiger partial charge in [-0.05, 0) is 31.2 Å². The molecule has 4 rings (SSSR count). The van der Waals surface area contributed by atoms with Gasteiger partial charge in [-0.2, -0.15) is 0 Å². The monoisotopic (exact) mass is 496 g/mol. The molecule has 174 valence electrons. The lowest BCUT2D eigenvalue weighted by Crippen LogP contribution is -2.14. The Bertz CT molecular complexity index is 1320. The molecule has 0 aliphatic rings. The molecule has 0 radical (unpaired) electrons. The number of carbonyl (C=O) groups is 1. The van der Waals surface area contributed by atoms with Gasteiger partial charge in [-0.3, -0.25) is 14.9 Å². The van der Waals surface area contributed by atoms with Crippen molar-refractivity contribution in [2.24, 2.45) is 0 Å². The van der Waals surface area contributed by atoms with Gasteiger partial charge in [-0.1, -0.05) is 23.9 Å². The summed E-state index contributed by atoms with van der Waals surface area (Å²) in [6.07, 6.45) is 0. The van der Waals surface area contributed by atoms with Crippen molar-refractivity contribution in [3.8, 4) is 28.4 Å². The highest BCUT2D eigenvalue weighted by Crippen LogP contribution is 2.28. The normalized spacial score (nSPS) is 10.8. The first kappa shape index (κ1) is 23.4. The van der Waals surface area contributed by atoms with Crippen LogP contribution in [0.4, 0.5) is 10.8 Å². The fourth-order valence-electron chi connectivity index (χ4n) is 3.16. The van der Waals surface area contributed by atoms with Crippen molar-refractivity contribution in [3.63, 3.8) is 0 Å². The molecule has 2 aromatic heterocycles. The van der Waals surface area contributed by atoms with Crippen molar-refractivity contribution in [3.05, 3.63) is 64.0 Å². The van der Waals surface area contributed by atoms with Crippen LogP contribution in [0.3, 0.4) is 0 Å². The number of hydrogen-bond donors (Lipinski definition) is 1. The maximum atomic E-state index is 12.5. The second kappa shape index (κ2) is 10.4. The summed E-state index contributed by atoms with van der Waals surface area (Å²) in [5.41, 5.74) is 2.07. The number of rotatable bonds is 9. The van der Waals surface area contributed by atoms with E-state index < -0.39 is 4.92 Å². The van der Waals surface area contributed by atoms with E-state index in [1.807, 2.05) is 35.8 Å². The predicted molar refractivity (Wildman–Crippen MR) is 131 cm³/mol. The minimum atomic E-state index is -0.453. The van der Waals surface area contributed by atoms with Crippen LogP contribution in [-0.4, -0.2) is 43.4 Å². The van der Waals surface area contributed by atoms with Crippen LogP contribution in [0.5, 0.6) is 5.75 Å². The lowest BCUT2D eigenvalue weighted by atomic mass is 10.1. The van der Waals surface area contributed by atoms with E-state index in [1.165, 1.54) is 35.2 Å². The molecule has 10 nitrogen and oxygen atoms in total. The SMILES string of the molecule is CCn1c(SCC(=O)Nc2nc(-c3cccc([N+](=O)[O-])c3)cs2)nnc1-c1ccc(OC)cc1. The summed E-state index contributed by atoms with van der Waals surface area (Å²) in [7, 11) is 1.61. The minimum absolute atomic E-state index is 0.0125. The van der Waals surface area contributed by atoms with Gasteiger partial charge in [0.1, 0.15) is 5.75 Å². The summed E-state index contributed by atoms with van der Waals surface area (Å²) in [5.74, 6) is 1.37. The van der Waals surface area contributed by atoms with E-state index >= 15 is 0 Å². The molecule has 0 unspecified atom stereocenters. The second-order valence-corrected chi connectivity index (χ2v) is 8.76. The molecule has 1 amide bonds. The molecule has 12 heteroatoms. The van der Waals surface area contributed by atoms with E-state index in [1.54, 1.807) is 24.6 Å². The zero-order chi connectivity index (χ0) is 24.1. The number of carbonyl (C=O) groups excluding carboxylic acids is 1. The molecule has 4 aromatic rings. The molecule has 0 aliphatic heterocycles. The molecule has 0 aliphatic carbocycles. The lowest BCUT2D eigenvalue weighted by molar-refractivity contribution is -0.384. The average molecular weight is 497 g/mol. The zero-order valence-electron chi connectivity index (χ0n) is 18.3. The van der Waals surface area contributed by atoms with Gasteiger partial charge >= 0.3 is 0 Å². The number of thioether (sulfide) groups is 1. The molecule has 0 fully saturated rings. The van der Waals surface area contributed by atoms with Gasteiger partial charge in [0, 0.05) is 35.2 Å². The Hall–Kier alpha value is -3.77. The fourth-order valence-corrected chi connectivity index (χ4v) is 4.70. The van der Waals surface area contributed by atoms with Crippen molar-refractivity contribution in [2.75, 3.05) is 18.2 Å². The van der Waals surface area contributed by atoms with Gasteiger partial charge in [-0.15, -0.1) is 21.5 Å². The van der Waals surface area contributed by atoms with Crippen molar-refractivity contribution in [2.45, 2.75) is 18.6 Å². The Labute approximate surface area is 203 Å². The average Bonchev–Trinajstić information content (AvgIpc) is 3.49. The molecular formula is C22H20N6O4S2. The molecule has 2 aromatic carbocycles. The second-order valence-electron chi connectivity index (χ2n) is 6.96. The summed E-state index contributed by atoms with van der Waals surface area (Å²) < 4.78 is 7.15. The number of non-ortho nitro benzene ring substituents is 1. The van der Waals surface area contributed by atoms with E-state index in [4.69, 9.17) is 4.74 Å². The highest BCUT2D eigenvalue weighted by atomic mass is 32.2. The number of aromatic nitrogens is 4. The lowest BCUT2D eigenvalue weighted by Gasteiger charge is -2.08. The largest absolute Gasteiger partial charge is 0.497 e. The van der Waals surface area contributed by atoms with Gasteiger partial charge in [-0.25, -0.2) is 4.98 Å². The Kier molecular flexibility index (Phi) is 7.18. The van der Waals surface area contributed by atoms with Gasteiger partial charge in [0.15, 0.2) is 16.1 Å². The third kappa shape index (κ3) is 5.24. The molecule has 0 saturated heterocycles. The molecule has 0 atom stereocenters. The number of thiazole rings is 1. The highest BCUT2D eigenvalue weighted by molar-refractivity contribution is 7.99. The van der Waals surface area contributed by atoms with Crippen LogP contribution >= 0.6 is 23.1 Å². The number of hydrogen-bond acceptors (Lipinski definition) is 9. The Morgan fingerprint density at radius 2 is 2.00 bits per heavy atom. The van der Waals surface area contributed by atoms with Gasteiger partial charge in [0.25, 0.3) is 5.69 Å². The van der Waals surface area contributed by atoms with Crippen LogP contribution in [-0.2, 0) is 11.3 Å². The van der Waals surface area contributed by atoms with Crippen molar-refractivity contribution in [1.82, 2.24) is 19.7 Å². The third-order valence-corrected chi connectivity index (χ3v) is 6.54. The fraction of sp³-hybridized carbons (Fsp3) is 0.182. The first-order valence-electron chi connectivity index (χ1n) is 10.2. The van der Waals surface area contributed by atoms with Crippen LogP contribution in [0, 0.1) is 10.1 Å². The van der Waals surface area contributed by atoms with E-state index in [0.29, 0.717) is 28.1 Å². The number of benzene rings is 2. The summed E-state index contributed by atoms with van der Waals surface area (Å²) in [5, 5.41) is 25.1. The number of nitro groups is 1. The highest BCUT2D eigenvalue weighted by Gasteiger charge is 2.16. The van der Waals surface area contributed by atoms with Crippen molar-refractivity contribution < 1.29 is 14.5 Å². The number of nitrogens with one attached hydrogen (secondary N) is 1. The van der Waals surface area contributed by atoms with Gasteiger partial charge in [0.2, 0.25) is 5.91 Å². The minimum Gasteiger partial charge on any atom is -0.497 e. The number of nitro benzene ring substituents is 1. The van der Waals surface area contributed by atoms with Crippen LogP contribution in [0.2, 0.25) is 0 Å². The smallest absolute Gasteiger partial charge is 0.270 e. The number of nitrogens with zero attached hydrogens (tertiary/aromatic N) is 5. The van der Waals surface area contributed by atoms with Gasteiger partial charge in [0.05, 0.1) is 23.5 Å². The maximum absolute atomic E-state index is 12.5. The van der Waals surface area contributed by atoms with Crippen LogP contribution in [0.1, 0.15) is 6.92 Å². The van der Waals surface area contributed by atoms with E-state index in [9.17, 15) is 14.9 Å². The summed E-state index contributed by atoms with van der Waals surface area (Å²) in [6.45, 7) is 2.64. The predicted octanol–water partition coefficient (Wildman–Crippen LogP) is 4.74. The van der Waals surface area contributed by atoms with Crippen molar-refractivity contribution in [1.29, 1.82) is 0 Å². The van der Waals surface area contributed by atoms with Crippen LogP contribution in [0.15, 0.2) is 59.1 Å². The first-order chi connectivity index (χ1) is 16.5. The molecule has 2 heterocycles. The zero-order valence-corrected chi connectivity index (χ0v) is 19.9. The quantitative estimate of drug-likeness (QED) is 0.200. The molecule has 34 heavy (non-hydrogen) atoms. The summed E-state index contributed by atoms with van der Waals surface area (Å²) >= 11 is 2.54. The van der Waals surface area contributed by atoms with E-state index in [-0.39, 0.29) is 17.3 Å². The van der Waals surface area contributed by atoms with E-state index in [0.717, 1.165) is 17.1 Å².